The molecule has 5 nitrogen and oxygen atoms in total. The Hall–Kier alpha value is -3.00. The smallest absolute Gasteiger partial charge is 0.347 e. The lowest BCUT2D eigenvalue weighted by atomic mass is 9.59. The molecule has 0 saturated carbocycles. The number of carboxylic acid groups (broad SMARTS) is 1. The number of hydrogen-bond acceptors (Lipinski definition) is 4. The van der Waals surface area contributed by atoms with Crippen LogP contribution < -0.4 is 10.1 Å². The molecule has 196 valence electrons. The standard InChI is InChI=1S/C29H25Cl2FN2O3S/c1-15-4-7-18(32)12-19(15)26-29(14-33-23-11-17(31)5-8-21(23)29)22(13-25(38)34-26)20-10-16(30)6-9-24(20)37-28(2,3)27(35)36/h4-12,14,22,26H,13H2,1-3H3,(H,34,38)(H,35,36)/t22-,26-,29-/m0/s1. The number of fused-ring (bicyclic) bond motifs is 2. The third-order valence-electron chi connectivity index (χ3n) is 7.37. The highest BCUT2D eigenvalue weighted by atomic mass is 35.5. The van der Waals surface area contributed by atoms with Gasteiger partial charge in [0.2, 0.25) is 0 Å². The van der Waals surface area contributed by atoms with Crippen molar-refractivity contribution in [1.82, 2.24) is 5.32 Å². The summed E-state index contributed by atoms with van der Waals surface area (Å²) in [5.74, 6) is -1.48. The summed E-state index contributed by atoms with van der Waals surface area (Å²) in [4.78, 5) is 17.3. The number of benzene rings is 3. The zero-order valence-electron chi connectivity index (χ0n) is 20.9. The van der Waals surface area contributed by atoms with E-state index in [1.807, 2.05) is 19.2 Å². The fourth-order valence-corrected chi connectivity index (χ4v) is 6.09. The van der Waals surface area contributed by atoms with Crippen LogP contribution in [0.25, 0.3) is 0 Å². The minimum absolute atomic E-state index is 0.364. The maximum Gasteiger partial charge on any atom is 0.347 e. The molecule has 9 heteroatoms. The number of hydrogen-bond donors (Lipinski definition) is 2. The van der Waals surface area contributed by atoms with Crippen LogP contribution in [0.2, 0.25) is 10.0 Å². The van der Waals surface area contributed by atoms with Gasteiger partial charge in [-0.25, -0.2) is 9.18 Å². The van der Waals surface area contributed by atoms with Gasteiger partial charge in [0.1, 0.15) is 11.6 Å². The highest BCUT2D eigenvalue weighted by Gasteiger charge is 2.55. The summed E-state index contributed by atoms with van der Waals surface area (Å²) in [6.45, 7) is 4.91. The Kier molecular flexibility index (Phi) is 6.74. The molecule has 1 saturated heterocycles. The number of rotatable bonds is 5. The number of aliphatic imine (C=N–C) groups is 1. The van der Waals surface area contributed by atoms with Crippen LogP contribution in [-0.2, 0) is 10.2 Å². The van der Waals surface area contributed by atoms with Crippen LogP contribution in [-0.4, -0.2) is 27.9 Å². The number of nitrogens with zero attached hydrogens (tertiary/aromatic N) is 1. The summed E-state index contributed by atoms with van der Waals surface area (Å²) in [7, 11) is 0. The quantitative estimate of drug-likeness (QED) is 0.311. The average molecular weight is 572 g/mol. The zero-order chi connectivity index (χ0) is 27.4. The Morgan fingerprint density at radius 2 is 1.84 bits per heavy atom. The van der Waals surface area contributed by atoms with Crippen molar-refractivity contribution in [3.63, 3.8) is 0 Å². The first kappa shape index (κ1) is 26.6. The van der Waals surface area contributed by atoms with E-state index in [1.54, 1.807) is 36.4 Å². The van der Waals surface area contributed by atoms with E-state index in [0.29, 0.717) is 38.5 Å². The Balaban J connectivity index is 1.79. The molecule has 2 N–H and O–H groups in total. The Morgan fingerprint density at radius 1 is 1.13 bits per heavy atom. The second-order valence-electron chi connectivity index (χ2n) is 10.2. The van der Waals surface area contributed by atoms with Gasteiger partial charge in [-0.2, -0.15) is 0 Å². The van der Waals surface area contributed by atoms with Crippen LogP contribution >= 0.6 is 35.4 Å². The molecule has 2 aliphatic heterocycles. The summed E-state index contributed by atoms with van der Waals surface area (Å²) >= 11 is 18.6. The third kappa shape index (κ3) is 4.46. The van der Waals surface area contributed by atoms with E-state index >= 15 is 0 Å². The summed E-state index contributed by atoms with van der Waals surface area (Å²) in [5, 5.41) is 14.2. The third-order valence-corrected chi connectivity index (χ3v) is 8.13. The van der Waals surface area contributed by atoms with Gasteiger partial charge in [0.25, 0.3) is 0 Å². The van der Waals surface area contributed by atoms with Gasteiger partial charge in [0, 0.05) is 34.2 Å². The van der Waals surface area contributed by atoms with Gasteiger partial charge < -0.3 is 15.2 Å². The molecule has 0 radical (unpaired) electrons. The number of nitrogens with one attached hydrogen (secondary N) is 1. The fourth-order valence-electron chi connectivity index (χ4n) is 5.45. The molecule has 0 amide bonds. The molecule has 0 aromatic heterocycles. The van der Waals surface area contributed by atoms with Crippen LogP contribution in [0.4, 0.5) is 10.1 Å². The minimum Gasteiger partial charge on any atom is -0.478 e. The van der Waals surface area contributed by atoms with E-state index in [4.69, 9.17) is 45.1 Å². The molecular weight excluding hydrogens is 546 g/mol. The molecule has 3 atom stereocenters. The molecule has 2 aliphatic rings. The summed E-state index contributed by atoms with van der Waals surface area (Å²) in [5.41, 5.74) is 1.54. The van der Waals surface area contributed by atoms with Crippen molar-refractivity contribution in [3.05, 3.63) is 92.7 Å². The Morgan fingerprint density at radius 3 is 2.58 bits per heavy atom. The molecule has 3 aromatic rings. The van der Waals surface area contributed by atoms with E-state index < -0.39 is 23.0 Å². The Bertz CT molecular complexity index is 1510. The van der Waals surface area contributed by atoms with E-state index in [2.05, 4.69) is 5.32 Å². The predicted molar refractivity (Wildman–Crippen MR) is 152 cm³/mol. The normalized spacial score (nSPS) is 22.3. The largest absolute Gasteiger partial charge is 0.478 e. The molecule has 38 heavy (non-hydrogen) atoms. The molecule has 5 rings (SSSR count). The molecule has 0 aliphatic carbocycles. The number of aryl methyl sites for hydroxylation is 1. The number of thiocarbonyl (C=S) groups is 1. The fraction of sp³-hybridized carbons (Fsp3) is 0.276. The average Bonchev–Trinajstić information content (AvgIpc) is 3.21. The van der Waals surface area contributed by atoms with E-state index in [-0.39, 0.29) is 11.7 Å². The molecule has 0 unspecified atom stereocenters. The topological polar surface area (TPSA) is 70.9 Å². The van der Waals surface area contributed by atoms with Gasteiger partial charge in [-0.3, -0.25) is 4.99 Å². The van der Waals surface area contributed by atoms with Crippen LogP contribution in [0, 0.1) is 12.7 Å². The maximum absolute atomic E-state index is 14.6. The number of ether oxygens (including phenoxy) is 1. The van der Waals surface area contributed by atoms with Crippen LogP contribution in [0.15, 0.2) is 59.6 Å². The van der Waals surface area contributed by atoms with Crippen molar-refractivity contribution in [3.8, 4) is 5.75 Å². The number of carboxylic acids is 1. The highest BCUT2D eigenvalue weighted by molar-refractivity contribution is 7.80. The first-order valence-corrected chi connectivity index (χ1v) is 13.2. The van der Waals surface area contributed by atoms with Gasteiger partial charge in [-0.1, -0.05) is 47.6 Å². The molecule has 0 bridgehead atoms. The Labute approximate surface area is 235 Å². The summed E-state index contributed by atoms with van der Waals surface area (Å²) < 4.78 is 20.7. The lowest BCUT2D eigenvalue weighted by Crippen LogP contribution is -2.53. The molecule has 3 aromatic carbocycles. The van der Waals surface area contributed by atoms with Crippen molar-refractivity contribution in [2.24, 2.45) is 4.99 Å². The second kappa shape index (κ2) is 9.63. The van der Waals surface area contributed by atoms with Gasteiger partial charge in [0.05, 0.1) is 22.1 Å². The van der Waals surface area contributed by atoms with E-state index in [0.717, 1.165) is 16.7 Å². The van der Waals surface area contributed by atoms with Crippen LogP contribution in [0.3, 0.4) is 0 Å². The molecular formula is C29H25Cl2FN2O3S. The lowest BCUT2D eigenvalue weighted by Gasteiger charge is -2.48. The van der Waals surface area contributed by atoms with Crippen LogP contribution in [0.1, 0.15) is 54.5 Å². The van der Waals surface area contributed by atoms with E-state index in [9.17, 15) is 14.3 Å². The van der Waals surface area contributed by atoms with Crippen molar-refractivity contribution in [2.75, 3.05) is 0 Å². The molecule has 2 heterocycles. The number of halogens is 3. The van der Waals surface area contributed by atoms with Crippen molar-refractivity contribution in [2.45, 2.75) is 50.2 Å². The minimum atomic E-state index is -1.50. The predicted octanol–water partition coefficient (Wildman–Crippen LogP) is 7.48. The molecule has 1 fully saturated rings. The first-order chi connectivity index (χ1) is 17.9. The highest BCUT2D eigenvalue weighted by Crippen LogP contribution is 2.58. The van der Waals surface area contributed by atoms with E-state index in [1.165, 1.54) is 26.0 Å². The van der Waals surface area contributed by atoms with Gasteiger partial charge >= 0.3 is 5.97 Å². The van der Waals surface area contributed by atoms with Gasteiger partial charge in [0.15, 0.2) is 5.60 Å². The molecule has 1 spiro atoms. The zero-order valence-corrected chi connectivity index (χ0v) is 23.2. The van der Waals surface area contributed by atoms with Gasteiger partial charge in [-0.15, -0.1) is 0 Å². The summed E-state index contributed by atoms with van der Waals surface area (Å²) in [6, 6.07) is 14.9. The second-order valence-corrected chi connectivity index (χ2v) is 11.6. The van der Waals surface area contributed by atoms with Crippen molar-refractivity contribution in [1.29, 1.82) is 0 Å². The van der Waals surface area contributed by atoms with Crippen LogP contribution in [0.5, 0.6) is 5.75 Å². The number of carbonyl (C=O) groups is 1. The van der Waals surface area contributed by atoms with Crippen molar-refractivity contribution < 1.29 is 19.0 Å². The number of piperidine rings is 1. The monoisotopic (exact) mass is 570 g/mol. The maximum atomic E-state index is 14.6. The van der Waals surface area contributed by atoms with Gasteiger partial charge in [-0.05, 0) is 79.9 Å². The summed E-state index contributed by atoms with van der Waals surface area (Å²) in [6.07, 6.45) is 2.27. The lowest BCUT2D eigenvalue weighted by molar-refractivity contribution is -0.152. The number of aliphatic carboxylic acids is 1. The first-order valence-electron chi connectivity index (χ1n) is 12.0. The SMILES string of the molecule is Cc1ccc(F)cc1[C@@H]1NC(=S)C[C@@H](c2cc(Cl)ccc2OC(C)(C)C(=O)O)[C@@]12C=Nc1cc(Cl)ccc12. The van der Waals surface area contributed by atoms with Crippen molar-refractivity contribution >= 4 is 58.3 Å².